The summed E-state index contributed by atoms with van der Waals surface area (Å²) in [6.07, 6.45) is 1.43. The molecule has 2 rings (SSSR count). The highest BCUT2D eigenvalue weighted by molar-refractivity contribution is 5.84. The highest BCUT2D eigenvalue weighted by atomic mass is 16.5. The minimum Gasteiger partial charge on any atom is -0.497 e. The Hall–Kier alpha value is -2.40. The molecule has 2 aromatic rings. The van der Waals surface area contributed by atoms with Crippen LogP contribution >= 0.6 is 0 Å². The molecule has 0 aliphatic heterocycles. The monoisotopic (exact) mass is 345 g/mol. The summed E-state index contributed by atoms with van der Waals surface area (Å²) in [6.45, 7) is 5.18. The smallest absolute Gasteiger partial charge is 0.320 e. The lowest BCUT2D eigenvalue weighted by Gasteiger charge is -2.07. The van der Waals surface area contributed by atoms with Crippen LogP contribution in [0.15, 0.2) is 36.4 Å². The van der Waals surface area contributed by atoms with Crippen LogP contribution in [-0.2, 0) is 16.0 Å². The van der Waals surface area contributed by atoms with E-state index in [1.807, 2.05) is 18.2 Å². The predicted molar refractivity (Wildman–Crippen MR) is 100.0 cm³/mol. The van der Waals surface area contributed by atoms with Gasteiger partial charge < -0.3 is 20.4 Å². The molecule has 1 atom stereocenters. The lowest BCUT2D eigenvalue weighted by molar-refractivity contribution is -0.139. The maximum atomic E-state index is 10.9. The number of ketones is 1. The minimum absolute atomic E-state index is 0.0208. The van der Waals surface area contributed by atoms with Crippen LogP contribution in [0, 0.1) is 5.92 Å². The van der Waals surface area contributed by atoms with E-state index >= 15 is 0 Å². The maximum absolute atomic E-state index is 10.9. The van der Waals surface area contributed by atoms with Crippen molar-refractivity contribution in [1.82, 2.24) is 0 Å². The molecule has 5 nitrogen and oxygen atoms in total. The van der Waals surface area contributed by atoms with Crippen molar-refractivity contribution >= 4 is 22.5 Å². The van der Waals surface area contributed by atoms with Crippen molar-refractivity contribution in [3.63, 3.8) is 0 Å². The summed E-state index contributed by atoms with van der Waals surface area (Å²) < 4.78 is 5.19. The second kappa shape index (κ2) is 9.79. The SMILES string of the molecule is CC(C)[C@H](N)C(=O)O.COc1ccc2cc(CCC(C)=O)ccc2c1. The molecule has 5 heteroatoms. The maximum Gasteiger partial charge on any atom is 0.320 e. The lowest BCUT2D eigenvalue weighted by Crippen LogP contribution is -2.34. The minimum atomic E-state index is -0.931. The first-order valence-corrected chi connectivity index (χ1v) is 8.29. The highest BCUT2D eigenvalue weighted by Gasteiger charge is 2.14. The summed E-state index contributed by atoms with van der Waals surface area (Å²) >= 11 is 0. The van der Waals surface area contributed by atoms with Gasteiger partial charge in [0.25, 0.3) is 0 Å². The molecule has 0 amide bonds. The number of methoxy groups -OCH3 is 1. The van der Waals surface area contributed by atoms with Gasteiger partial charge in [0.2, 0.25) is 0 Å². The zero-order valence-corrected chi connectivity index (χ0v) is 15.3. The zero-order valence-electron chi connectivity index (χ0n) is 15.3. The molecule has 0 spiro atoms. The normalized spacial score (nSPS) is 11.6. The summed E-state index contributed by atoms with van der Waals surface area (Å²) in [7, 11) is 1.67. The van der Waals surface area contributed by atoms with Crippen LogP contribution in [0.1, 0.15) is 32.8 Å². The molecule has 25 heavy (non-hydrogen) atoms. The second-order valence-electron chi connectivity index (χ2n) is 6.36. The molecule has 0 saturated heterocycles. The van der Waals surface area contributed by atoms with E-state index < -0.39 is 12.0 Å². The van der Waals surface area contributed by atoms with E-state index in [1.54, 1.807) is 27.9 Å². The third-order valence-corrected chi connectivity index (χ3v) is 3.88. The van der Waals surface area contributed by atoms with E-state index in [0.717, 1.165) is 17.6 Å². The Kier molecular flexibility index (Phi) is 8.08. The number of hydrogen-bond donors (Lipinski definition) is 2. The van der Waals surface area contributed by atoms with E-state index in [0.29, 0.717) is 6.42 Å². The van der Waals surface area contributed by atoms with Crippen molar-refractivity contribution in [3.05, 3.63) is 42.0 Å². The fourth-order valence-corrected chi connectivity index (χ4v) is 2.16. The number of carbonyl (C=O) groups excluding carboxylic acids is 1. The third-order valence-electron chi connectivity index (χ3n) is 3.88. The molecule has 2 aromatic carbocycles. The molecular formula is C20H27NO4. The second-order valence-corrected chi connectivity index (χ2v) is 6.36. The summed E-state index contributed by atoms with van der Waals surface area (Å²) in [5.74, 6) is 0.196. The average Bonchev–Trinajstić information content (AvgIpc) is 2.58. The van der Waals surface area contributed by atoms with Gasteiger partial charge in [0.1, 0.15) is 17.6 Å². The van der Waals surface area contributed by atoms with E-state index in [1.165, 1.54) is 10.9 Å². The van der Waals surface area contributed by atoms with Crippen LogP contribution in [0.2, 0.25) is 0 Å². The van der Waals surface area contributed by atoms with Gasteiger partial charge in [0.05, 0.1) is 7.11 Å². The van der Waals surface area contributed by atoms with Gasteiger partial charge >= 0.3 is 5.97 Å². The van der Waals surface area contributed by atoms with Crippen LogP contribution < -0.4 is 10.5 Å². The number of aliphatic carboxylic acids is 1. The number of benzene rings is 2. The topological polar surface area (TPSA) is 89.6 Å². The van der Waals surface area contributed by atoms with Crippen LogP contribution in [0.5, 0.6) is 5.75 Å². The fraction of sp³-hybridized carbons (Fsp3) is 0.400. The Morgan fingerprint density at radius 1 is 1.12 bits per heavy atom. The Morgan fingerprint density at radius 3 is 2.20 bits per heavy atom. The third kappa shape index (κ3) is 6.93. The summed E-state index contributed by atoms with van der Waals surface area (Å²) in [6, 6.07) is 11.6. The number of hydrogen-bond acceptors (Lipinski definition) is 4. The predicted octanol–water partition coefficient (Wildman–Crippen LogP) is 3.42. The van der Waals surface area contributed by atoms with Crippen LogP contribution in [-0.4, -0.2) is 30.0 Å². The van der Waals surface area contributed by atoms with Crippen molar-refractivity contribution in [2.45, 2.75) is 39.7 Å². The van der Waals surface area contributed by atoms with E-state index in [9.17, 15) is 9.59 Å². The van der Waals surface area contributed by atoms with Gasteiger partial charge in [0.15, 0.2) is 0 Å². The standard InChI is InChI=1S/C15H16O2.C5H11NO2/c1-11(16)3-4-12-5-6-14-10-15(17-2)8-7-13(14)9-12;1-3(2)4(6)5(7)8/h5-10H,3-4H2,1-2H3;3-4H,6H2,1-2H3,(H,7,8)/t;4-/m.0/s1. The largest absolute Gasteiger partial charge is 0.497 e. The van der Waals surface area contributed by atoms with Crippen molar-refractivity contribution in [2.24, 2.45) is 11.7 Å². The van der Waals surface area contributed by atoms with Crippen molar-refractivity contribution in [2.75, 3.05) is 7.11 Å². The Morgan fingerprint density at radius 2 is 1.72 bits per heavy atom. The number of ether oxygens (including phenoxy) is 1. The molecule has 0 bridgehead atoms. The number of carbonyl (C=O) groups is 2. The lowest BCUT2D eigenvalue weighted by atomic mass is 10.0. The molecule has 0 aliphatic rings. The van der Waals surface area contributed by atoms with Crippen LogP contribution in [0.3, 0.4) is 0 Å². The number of carboxylic acids is 1. The van der Waals surface area contributed by atoms with Gasteiger partial charge in [-0.3, -0.25) is 4.79 Å². The van der Waals surface area contributed by atoms with Gasteiger partial charge in [-0.15, -0.1) is 0 Å². The molecule has 0 radical (unpaired) electrons. The van der Waals surface area contributed by atoms with Gasteiger partial charge in [-0.2, -0.15) is 0 Å². The molecule has 0 aliphatic carbocycles. The van der Waals surface area contributed by atoms with E-state index in [2.05, 4.69) is 18.2 Å². The highest BCUT2D eigenvalue weighted by Crippen LogP contribution is 2.22. The molecule has 0 aromatic heterocycles. The number of Topliss-reactive ketones (excluding diaryl/α,β-unsaturated/α-hetero) is 1. The molecule has 0 unspecified atom stereocenters. The van der Waals surface area contributed by atoms with Crippen LogP contribution in [0.4, 0.5) is 0 Å². The Balaban J connectivity index is 0.000000333. The summed E-state index contributed by atoms with van der Waals surface area (Å²) in [4.78, 5) is 21.0. The number of nitrogens with two attached hydrogens (primary N) is 1. The quantitative estimate of drug-likeness (QED) is 0.837. The molecule has 0 saturated carbocycles. The first-order valence-electron chi connectivity index (χ1n) is 8.29. The number of rotatable bonds is 6. The zero-order chi connectivity index (χ0) is 19.0. The number of aryl methyl sites for hydroxylation is 1. The van der Waals surface area contributed by atoms with E-state index in [-0.39, 0.29) is 11.7 Å². The number of carboxylic acid groups (broad SMARTS) is 1. The Bertz CT molecular complexity index is 725. The van der Waals surface area contributed by atoms with Gasteiger partial charge in [-0.1, -0.05) is 38.1 Å². The summed E-state index contributed by atoms with van der Waals surface area (Å²) in [5, 5.41) is 10.6. The van der Waals surface area contributed by atoms with Crippen molar-refractivity contribution in [3.8, 4) is 5.75 Å². The van der Waals surface area contributed by atoms with Gasteiger partial charge in [0, 0.05) is 6.42 Å². The van der Waals surface area contributed by atoms with Crippen molar-refractivity contribution in [1.29, 1.82) is 0 Å². The van der Waals surface area contributed by atoms with Gasteiger partial charge in [-0.25, -0.2) is 0 Å². The average molecular weight is 345 g/mol. The number of fused-ring (bicyclic) bond motifs is 1. The first kappa shape index (κ1) is 20.6. The van der Waals surface area contributed by atoms with Crippen molar-refractivity contribution < 1.29 is 19.4 Å². The Labute approximate surface area is 148 Å². The van der Waals surface area contributed by atoms with Gasteiger partial charge in [-0.05, 0) is 47.7 Å². The molecule has 136 valence electrons. The van der Waals surface area contributed by atoms with E-state index in [4.69, 9.17) is 15.6 Å². The molecule has 0 heterocycles. The molecule has 0 fully saturated rings. The fourth-order valence-electron chi connectivity index (χ4n) is 2.16. The molecule has 3 N–H and O–H groups in total. The summed E-state index contributed by atoms with van der Waals surface area (Å²) in [5.41, 5.74) is 6.37. The first-order chi connectivity index (χ1) is 11.7. The molecular weight excluding hydrogens is 318 g/mol. The van der Waals surface area contributed by atoms with Crippen LogP contribution in [0.25, 0.3) is 10.8 Å².